The summed E-state index contributed by atoms with van der Waals surface area (Å²) in [6, 6.07) is 2.42. The second-order valence-electron chi connectivity index (χ2n) is 4.22. The molecule has 0 radical (unpaired) electrons. The van der Waals surface area contributed by atoms with Gasteiger partial charge in [0.15, 0.2) is 0 Å². The van der Waals surface area contributed by atoms with Crippen molar-refractivity contribution in [2.45, 2.75) is 25.8 Å². The molecule has 0 spiro atoms. The van der Waals surface area contributed by atoms with Gasteiger partial charge in [-0.2, -0.15) is 5.26 Å². The van der Waals surface area contributed by atoms with Crippen LogP contribution in [0.15, 0.2) is 12.2 Å². The van der Waals surface area contributed by atoms with E-state index in [2.05, 4.69) is 23.1 Å². The van der Waals surface area contributed by atoms with E-state index in [1.54, 1.807) is 0 Å². The van der Waals surface area contributed by atoms with E-state index >= 15 is 0 Å². The van der Waals surface area contributed by atoms with Crippen LogP contribution in [0.5, 0.6) is 0 Å². The third-order valence-corrected chi connectivity index (χ3v) is 3.38. The Morgan fingerprint density at radius 1 is 1.31 bits per heavy atom. The van der Waals surface area contributed by atoms with E-state index in [1.165, 1.54) is 12.8 Å². The molecule has 0 bridgehead atoms. The maximum absolute atomic E-state index is 8.82. The standard InChI is InChI=1S/C11H16N2/c1-9(6-12)13-7-10-4-2-3-5-11(10)8-13/h2-3,9-11H,4-5,7-8H2,1H3. The Balaban J connectivity index is 1.99. The average Bonchev–Trinajstić information content (AvgIpc) is 2.59. The number of nitrogens with zero attached hydrogens (tertiary/aromatic N) is 2. The molecule has 2 heteroatoms. The SMILES string of the molecule is CC(C#N)N1CC2CC=CCC2C1. The first-order chi connectivity index (χ1) is 6.31. The first-order valence-electron chi connectivity index (χ1n) is 5.10. The fourth-order valence-electron chi connectivity index (χ4n) is 2.45. The van der Waals surface area contributed by atoms with Gasteiger partial charge in [0.1, 0.15) is 0 Å². The number of likely N-dealkylation sites (tertiary alicyclic amines) is 1. The average molecular weight is 176 g/mol. The second kappa shape index (κ2) is 3.51. The van der Waals surface area contributed by atoms with Crippen molar-refractivity contribution in [1.29, 1.82) is 5.26 Å². The highest BCUT2D eigenvalue weighted by molar-refractivity contribution is 5.02. The molecule has 0 aromatic carbocycles. The lowest BCUT2D eigenvalue weighted by Crippen LogP contribution is -2.29. The summed E-state index contributed by atoms with van der Waals surface area (Å²) in [4.78, 5) is 2.32. The van der Waals surface area contributed by atoms with Crippen molar-refractivity contribution in [3.05, 3.63) is 12.2 Å². The Labute approximate surface area is 79.8 Å². The minimum absolute atomic E-state index is 0.102. The van der Waals surface area contributed by atoms with Gasteiger partial charge in [0.2, 0.25) is 0 Å². The van der Waals surface area contributed by atoms with Crippen molar-refractivity contribution in [1.82, 2.24) is 4.90 Å². The van der Waals surface area contributed by atoms with Gasteiger partial charge in [-0.25, -0.2) is 0 Å². The molecular formula is C11H16N2. The zero-order chi connectivity index (χ0) is 9.26. The summed E-state index contributed by atoms with van der Waals surface area (Å²) in [5, 5.41) is 8.82. The molecule has 1 aliphatic heterocycles. The predicted molar refractivity (Wildman–Crippen MR) is 52.0 cm³/mol. The van der Waals surface area contributed by atoms with Crippen LogP contribution in [0.25, 0.3) is 0 Å². The second-order valence-corrected chi connectivity index (χ2v) is 4.22. The summed E-state index contributed by atoms with van der Waals surface area (Å²) in [5.74, 6) is 1.64. The normalized spacial score (nSPS) is 35.4. The molecule has 0 N–H and O–H groups in total. The van der Waals surface area contributed by atoms with Crippen LogP contribution in [-0.4, -0.2) is 24.0 Å². The van der Waals surface area contributed by atoms with Gasteiger partial charge in [0.25, 0.3) is 0 Å². The number of rotatable bonds is 1. The van der Waals surface area contributed by atoms with Crippen molar-refractivity contribution in [2.75, 3.05) is 13.1 Å². The Hall–Kier alpha value is -0.810. The molecule has 13 heavy (non-hydrogen) atoms. The highest BCUT2D eigenvalue weighted by Crippen LogP contribution is 2.33. The molecule has 0 aromatic heterocycles. The number of fused-ring (bicyclic) bond motifs is 1. The van der Waals surface area contributed by atoms with E-state index in [4.69, 9.17) is 5.26 Å². The maximum Gasteiger partial charge on any atom is 0.0949 e. The Morgan fingerprint density at radius 2 is 1.85 bits per heavy atom. The fourth-order valence-corrected chi connectivity index (χ4v) is 2.45. The molecule has 1 fully saturated rings. The molecule has 3 atom stereocenters. The predicted octanol–water partition coefficient (Wildman–Crippen LogP) is 1.80. The smallest absolute Gasteiger partial charge is 0.0949 e. The van der Waals surface area contributed by atoms with Crippen molar-refractivity contribution in [2.24, 2.45) is 11.8 Å². The van der Waals surface area contributed by atoms with Crippen LogP contribution in [0.1, 0.15) is 19.8 Å². The zero-order valence-corrected chi connectivity index (χ0v) is 8.11. The Kier molecular flexibility index (Phi) is 2.37. The summed E-state index contributed by atoms with van der Waals surface area (Å²) >= 11 is 0. The lowest BCUT2D eigenvalue weighted by molar-refractivity contribution is 0.290. The molecular weight excluding hydrogens is 160 g/mol. The number of hydrogen-bond donors (Lipinski definition) is 0. The first-order valence-corrected chi connectivity index (χ1v) is 5.10. The van der Waals surface area contributed by atoms with Gasteiger partial charge in [-0.3, -0.25) is 4.90 Å². The quantitative estimate of drug-likeness (QED) is 0.570. The van der Waals surface area contributed by atoms with Crippen molar-refractivity contribution >= 4 is 0 Å². The largest absolute Gasteiger partial charge is 0.288 e. The lowest BCUT2D eigenvalue weighted by Gasteiger charge is -2.18. The van der Waals surface area contributed by atoms with Gasteiger partial charge in [-0.15, -0.1) is 0 Å². The summed E-state index contributed by atoms with van der Waals surface area (Å²) in [5.41, 5.74) is 0. The van der Waals surface area contributed by atoms with E-state index in [0.717, 1.165) is 24.9 Å². The van der Waals surface area contributed by atoms with E-state index in [1.807, 2.05) is 6.92 Å². The van der Waals surface area contributed by atoms with Gasteiger partial charge < -0.3 is 0 Å². The first kappa shape index (κ1) is 8.77. The van der Waals surface area contributed by atoms with Gasteiger partial charge >= 0.3 is 0 Å². The number of hydrogen-bond acceptors (Lipinski definition) is 2. The van der Waals surface area contributed by atoms with Crippen molar-refractivity contribution < 1.29 is 0 Å². The summed E-state index contributed by atoms with van der Waals surface area (Å²) in [7, 11) is 0. The van der Waals surface area contributed by atoms with Gasteiger partial charge in [0.05, 0.1) is 12.1 Å². The summed E-state index contributed by atoms with van der Waals surface area (Å²) in [6.07, 6.45) is 7.03. The zero-order valence-electron chi connectivity index (χ0n) is 8.11. The summed E-state index contributed by atoms with van der Waals surface area (Å²) in [6.45, 7) is 4.26. The van der Waals surface area contributed by atoms with E-state index < -0.39 is 0 Å². The van der Waals surface area contributed by atoms with Crippen LogP contribution in [0, 0.1) is 23.2 Å². The van der Waals surface area contributed by atoms with E-state index in [9.17, 15) is 0 Å². The van der Waals surface area contributed by atoms with Crippen molar-refractivity contribution in [3.8, 4) is 6.07 Å². The Bertz CT molecular complexity index is 235. The third kappa shape index (κ3) is 1.62. The van der Waals surface area contributed by atoms with Crippen LogP contribution in [-0.2, 0) is 0 Å². The number of allylic oxidation sites excluding steroid dienone is 2. The maximum atomic E-state index is 8.82. The minimum Gasteiger partial charge on any atom is -0.288 e. The summed E-state index contributed by atoms with van der Waals surface area (Å²) < 4.78 is 0. The Morgan fingerprint density at radius 3 is 2.31 bits per heavy atom. The van der Waals surface area contributed by atoms with E-state index in [-0.39, 0.29) is 6.04 Å². The fraction of sp³-hybridized carbons (Fsp3) is 0.727. The highest BCUT2D eigenvalue weighted by Gasteiger charge is 2.34. The topological polar surface area (TPSA) is 27.0 Å². The molecule has 2 aliphatic rings. The third-order valence-electron chi connectivity index (χ3n) is 3.38. The molecule has 2 rings (SSSR count). The van der Waals surface area contributed by atoms with Crippen LogP contribution < -0.4 is 0 Å². The van der Waals surface area contributed by atoms with Crippen LogP contribution in [0.4, 0.5) is 0 Å². The molecule has 1 saturated heterocycles. The van der Waals surface area contributed by atoms with Crippen LogP contribution in [0.3, 0.4) is 0 Å². The van der Waals surface area contributed by atoms with Gasteiger partial charge in [0, 0.05) is 13.1 Å². The molecule has 70 valence electrons. The highest BCUT2D eigenvalue weighted by atomic mass is 15.2. The molecule has 1 heterocycles. The van der Waals surface area contributed by atoms with Crippen molar-refractivity contribution in [3.63, 3.8) is 0 Å². The molecule has 0 aromatic rings. The number of nitriles is 1. The molecule has 3 unspecified atom stereocenters. The molecule has 2 nitrogen and oxygen atoms in total. The molecule has 1 aliphatic carbocycles. The van der Waals surface area contributed by atoms with E-state index in [0.29, 0.717) is 0 Å². The minimum atomic E-state index is 0.102. The van der Waals surface area contributed by atoms with Gasteiger partial charge in [-0.1, -0.05) is 12.2 Å². The van der Waals surface area contributed by atoms with Gasteiger partial charge in [-0.05, 0) is 31.6 Å². The molecule has 0 amide bonds. The molecule has 0 saturated carbocycles. The van der Waals surface area contributed by atoms with Crippen LogP contribution in [0.2, 0.25) is 0 Å². The monoisotopic (exact) mass is 176 g/mol. The van der Waals surface area contributed by atoms with Crippen LogP contribution >= 0.6 is 0 Å². The lowest BCUT2D eigenvalue weighted by atomic mass is 9.86.